The summed E-state index contributed by atoms with van der Waals surface area (Å²) in [6.07, 6.45) is 0.887. The van der Waals surface area contributed by atoms with Crippen molar-refractivity contribution in [3.63, 3.8) is 0 Å². The number of halogens is 2. The van der Waals surface area contributed by atoms with Crippen LogP contribution in [0, 0.1) is 11.6 Å². The maximum Gasteiger partial charge on any atom is 0.227 e. The predicted molar refractivity (Wildman–Crippen MR) is 128 cm³/mol. The van der Waals surface area contributed by atoms with Crippen LogP contribution in [0.15, 0.2) is 42.5 Å². The Bertz CT molecular complexity index is 1170. The Kier molecular flexibility index (Phi) is 7.84. The Balaban J connectivity index is 1.58. The second-order valence-electron chi connectivity index (χ2n) is 8.13. The molecule has 1 aromatic heterocycles. The number of anilines is 2. The maximum absolute atomic E-state index is 14.5. The lowest BCUT2D eigenvalue weighted by Gasteiger charge is -2.26. The van der Waals surface area contributed by atoms with E-state index in [1.165, 1.54) is 10.6 Å². The number of ether oxygens (including phenoxy) is 1. The van der Waals surface area contributed by atoms with Gasteiger partial charge in [0.15, 0.2) is 12.1 Å². The number of hydrogen-bond acceptors (Lipinski definition) is 6. The smallest absolute Gasteiger partial charge is 0.227 e. The van der Waals surface area contributed by atoms with Crippen LogP contribution in [0.5, 0.6) is 0 Å². The zero-order chi connectivity index (χ0) is 24.8. The molecule has 0 aliphatic carbocycles. The van der Waals surface area contributed by atoms with Gasteiger partial charge in [0, 0.05) is 31.9 Å². The lowest BCUT2D eigenvalue weighted by atomic mass is 10.1. The van der Waals surface area contributed by atoms with E-state index in [-0.39, 0.29) is 41.8 Å². The van der Waals surface area contributed by atoms with Crippen molar-refractivity contribution in [3.8, 4) is 11.4 Å². The van der Waals surface area contributed by atoms with Crippen LogP contribution in [0.3, 0.4) is 0 Å². The number of morpholine rings is 1. The monoisotopic (exact) mass is 483 g/mol. The molecule has 0 radical (unpaired) electrons. The number of nitrogens with one attached hydrogen (secondary N) is 2. The van der Waals surface area contributed by atoms with Crippen LogP contribution in [0.25, 0.3) is 11.4 Å². The molecule has 1 aliphatic heterocycles. The van der Waals surface area contributed by atoms with Gasteiger partial charge in [-0.3, -0.25) is 9.59 Å². The Morgan fingerprint density at radius 3 is 2.43 bits per heavy atom. The third-order valence-electron chi connectivity index (χ3n) is 5.83. The number of rotatable bonds is 9. The normalized spacial score (nSPS) is 13.6. The molecule has 0 atom stereocenters. The van der Waals surface area contributed by atoms with E-state index in [0.717, 1.165) is 17.7 Å². The van der Waals surface area contributed by atoms with Crippen molar-refractivity contribution in [2.24, 2.45) is 0 Å². The van der Waals surface area contributed by atoms with Crippen LogP contribution in [0.2, 0.25) is 0 Å². The first kappa shape index (κ1) is 24.5. The van der Waals surface area contributed by atoms with Gasteiger partial charge in [0.25, 0.3) is 0 Å². The minimum absolute atomic E-state index is 0.0215. The molecule has 3 aromatic rings. The van der Waals surface area contributed by atoms with Gasteiger partial charge in [-0.05, 0) is 36.9 Å². The van der Waals surface area contributed by atoms with Gasteiger partial charge in [-0.2, -0.15) is 0 Å². The molecule has 8 nitrogen and oxygen atoms in total. The summed E-state index contributed by atoms with van der Waals surface area (Å²) in [6, 6.07) is 10.8. The van der Waals surface area contributed by atoms with Crippen molar-refractivity contribution in [2.45, 2.75) is 13.0 Å². The van der Waals surface area contributed by atoms with Crippen LogP contribution >= 0.6 is 0 Å². The topological polar surface area (TPSA) is 88.5 Å². The lowest BCUT2D eigenvalue weighted by Crippen LogP contribution is -2.41. The van der Waals surface area contributed by atoms with Crippen molar-refractivity contribution in [2.75, 3.05) is 45.2 Å². The average molecular weight is 484 g/mol. The van der Waals surface area contributed by atoms with Gasteiger partial charge in [-0.15, -0.1) is 0 Å². The summed E-state index contributed by atoms with van der Waals surface area (Å²) >= 11 is 0. The number of nitrogens with zero attached hydrogens (tertiary/aromatic N) is 3. The maximum atomic E-state index is 14.5. The van der Waals surface area contributed by atoms with Gasteiger partial charge < -0.3 is 24.8 Å². The van der Waals surface area contributed by atoms with Crippen molar-refractivity contribution >= 4 is 23.7 Å². The summed E-state index contributed by atoms with van der Waals surface area (Å²) in [4.78, 5) is 30.6. The van der Waals surface area contributed by atoms with Crippen LogP contribution < -0.4 is 10.6 Å². The van der Waals surface area contributed by atoms with E-state index in [4.69, 9.17) is 4.74 Å². The van der Waals surface area contributed by atoms with E-state index >= 15 is 0 Å². The third kappa shape index (κ3) is 5.55. The van der Waals surface area contributed by atoms with E-state index in [2.05, 4.69) is 15.6 Å². The molecule has 2 aromatic carbocycles. The van der Waals surface area contributed by atoms with Gasteiger partial charge in [0.05, 0.1) is 25.2 Å². The zero-order valence-electron chi connectivity index (χ0n) is 19.4. The molecule has 0 bridgehead atoms. The largest absolute Gasteiger partial charge is 0.378 e. The highest BCUT2D eigenvalue weighted by Gasteiger charge is 2.23. The van der Waals surface area contributed by atoms with E-state index in [1.807, 2.05) is 12.1 Å². The molecule has 0 spiro atoms. The zero-order valence-corrected chi connectivity index (χ0v) is 19.4. The number of imidazole rings is 1. The number of carbonyl (C=O) groups excluding carboxylic acids is 2. The number of aldehydes is 1. The highest BCUT2D eigenvalue weighted by atomic mass is 19.1. The number of carbonyl (C=O) groups is 2. The number of likely N-dealkylation sites (N-methyl/N-ethyl adjacent to an activating group) is 1. The standard InChI is InChI=1S/C25H27F2N5O3/c1-28-9-10-32-21(16-33)24(30-25(32)23-19(26)3-2-4-20(23)27)29-18-7-5-17(6-8-18)15-22(34)31-11-13-35-14-12-31/h2-8,16,28-29H,9-15H2,1H3. The second-order valence-corrected chi connectivity index (χ2v) is 8.13. The molecule has 184 valence electrons. The molecule has 10 heteroatoms. The SMILES string of the molecule is CNCCn1c(-c2c(F)cccc2F)nc(Nc2ccc(CC(=O)N3CCOCC3)cc2)c1C=O. The first-order valence-corrected chi connectivity index (χ1v) is 11.4. The first-order valence-electron chi connectivity index (χ1n) is 11.4. The summed E-state index contributed by atoms with van der Waals surface area (Å²) in [5.74, 6) is -1.28. The van der Waals surface area contributed by atoms with Crippen LogP contribution in [0.1, 0.15) is 16.1 Å². The molecule has 1 aliphatic rings. The van der Waals surface area contributed by atoms with Gasteiger partial charge in [0.1, 0.15) is 23.2 Å². The molecular weight excluding hydrogens is 456 g/mol. The van der Waals surface area contributed by atoms with E-state index < -0.39 is 11.6 Å². The highest BCUT2D eigenvalue weighted by Crippen LogP contribution is 2.30. The minimum atomic E-state index is -0.765. The van der Waals surface area contributed by atoms with Crippen molar-refractivity contribution < 1.29 is 23.1 Å². The Labute approximate surface area is 201 Å². The first-order chi connectivity index (χ1) is 17.0. The summed E-state index contributed by atoms with van der Waals surface area (Å²) in [5, 5.41) is 6.04. The fourth-order valence-electron chi connectivity index (χ4n) is 3.97. The van der Waals surface area contributed by atoms with Crippen molar-refractivity contribution in [1.82, 2.24) is 19.8 Å². The molecule has 4 rings (SSSR count). The molecule has 2 N–H and O–H groups in total. The van der Waals surface area contributed by atoms with Crippen molar-refractivity contribution in [1.29, 1.82) is 0 Å². The van der Waals surface area contributed by atoms with Gasteiger partial charge in [0.2, 0.25) is 5.91 Å². The second kappa shape index (κ2) is 11.2. The Morgan fingerprint density at radius 1 is 1.11 bits per heavy atom. The van der Waals surface area contributed by atoms with E-state index in [0.29, 0.717) is 44.8 Å². The van der Waals surface area contributed by atoms with E-state index in [9.17, 15) is 18.4 Å². The molecular formula is C25H27F2N5O3. The number of hydrogen-bond donors (Lipinski definition) is 2. The lowest BCUT2D eigenvalue weighted by molar-refractivity contribution is -0.134. The quantitative estimate of drug-likeness (QED) is 0.455. The number of amides is 1. The summed E-state index contributed by atoms with van der Waals surface area (Å²) < 4.78 is 35.8. The number of benzene rings is 2. The van der Waals surface area contributed by atoms with Crippen LogP contribution in [-0.4, -0.2) is 66.5 Å². The molecule has 1 saturated heterocycles. The van der Waals surface area contributed by atoms with E-state index in [1.54, 1.807) is 24.1 Å². The summed E-state index contributed by atoms with van der Waals surface area (Å²) in [6.45, 7) is 3.03. The van der Waals surface area contributed by atoms with Gasteiger partial charge >= 0.3 is 0 Å². The Hall–Kier alpha value is -3.63. The van der Waals surface area contributed by atoms with Crippen LogP contribution in [-0.2, 0) is 22.5 Å². The molecule has 1 amide bonds. The third-order valence-corrected chi connectivity index (χ3v) is 5.83. The number of aromatic nitrogens is 2. The summed E-state index contributed by atoms with van der Waals surface area (Å²) in [5.41, 5.74) is 1.34. The molecule has 0 saturated carbocycles. The van der Waals surface area contributed by atoms with Gasteiger partial charge in [-0.25, -0.2) is 13.8 Å². The van der Waals surface area contributed by atoms with Gasteiger partial charge in [-0.1, -0.05) is 18.2 Å². The molecule has 1 fully saturated rings. The average Bonchev–Trinajstić information content (AvgIpc) is 3.20. The minimum Gasteiger partial charge on any atom is -0.378 e. The summed E-state index contributed by atoms with van der Waals surface area (Å²) in [7, 11) is 1.74. The predicted octanol–water partition coefficient (Wildman–Crippen LogP) is 3.01. The molecule has 35 heavy (non-hydrogen) atoms. The fraction of sp³-hybridized carbons (Fsp3) is 0.320. The Morgan fingerprint density at radius 2 is 1.80 bits per heavy atom. The van der Waals surface area contributed by atoms with Crippen molar-refractivity contribution in [3.05, 3.63) is 65.4 Å². The fourth-order valence-corrected chi connectivity index (χ4v) is 3.97. The molecule has 0 unspecified atom stereocenters. The molecule has 2 heterocycles. The van der Waals surface area contributed by atoms with Crippen LogP contribution in [0.4, 0.5) is 20.3 Å². The highest BCUT2D eigenvalue weighted by molar-refractivity contribution is 5.85.